The fourth-order valence-electron chi connectivity index (χ4n) is 2.27. The van der Waals surface area contributed by atoms with E-state index >= 15 is 0 Å². The number of anilines is 2. The van der Waals surface area contributed by atoms with E-state index in [2.05, 4.69) is 12.2 Å². The molecule has 0 radical (unpaired) electrons. The summed E-state index contributed by atoms with van der Waals surface area (Å²) in [5.74, 6) is 0. The lowest BCUT2D eigenvalue weighted by Crippen LogP contribution is -2.33. The number of benzene rings is 1. The van der Waals surface area contributed by atoms with E-state index in [-0.39, 0.29) is 10.3 Å². The molecule has 20 heavy (non-hydrogen) atoms. The minimum absolute atomic E-state index is 0.0353. The molecule has 0 saturated carbocycles. The van der Waals surface area contributed by atoms with Crippen LogP contribution in [0.4, 0.5) is 11.4 Å². The summed E-state index contributed by atoms with van der Waals surface area (Å²) >= 11 is 0. The number of rotatable bonds is 4. The van der Waals surface area contributed by atoms with Gasteiger partial charge in [-0.25, -0.2) is 13.6 Å². The Labute approximate surface area is 119 Å². The van der Waals surface area contributed by atoms with E-state index in [1.807, 2.05) is 0 Å². The molecule has 1 heterocycles. The zero-order valence-corrected chi connectivity index (χ0v) is 12.4. The number of sulfonamides is 1. The van der Waals surface area contributed by atoms with Crippen molar-refractivity contribution >= 4 is 21.4 Å². The molecule has 1 fully saturated rings. The Morgan fingerprint density at radius 2 is 2.00 bits per heavy atom. The minimum Gasteiger partial charge on any atom is -0.399 e. The van der Waals surface area contributed by atoms with E-state index in [1.54, 1.807) is 12.1 Å². The second-order valence-electron chi connectivity index (χ2n) is 5.58. The summed E-state index contributed by atoms with van der Waals surface area (Å²) in [7, 11) is -3.80. The SMILES string of the molecule is CC1(CNc2ccc(N)cc2S(N)(=O)=O)CCOCC1. The van der Waals surface area contributed by atoms with Gasteiger partial charge in [-0.05, 0) is 36.5 Å². The van der Waals surface area contributed by atoms with Crippen molar-refractivity contribution in [3.63, 3.8) is 0 Å². The molecular formula is C13H21N3O3S. The Balaban J connectivity index is 2.17. The first-order chi connectivity index (χ1) is 9.30. The monoisotopic (exact) mass is 299 g/mol. The molecule has 1 aliphatic rings. The summed E-state index contributed by atoms with van der Waals surface area (Å²) in [4.78, 5) is 0.0353. The van der Waals surface area contributed by atoms with Gasteiger partial charge in [0.1, 0.15) is 4.90 Å². The van der Waals surface area contributed by atoms with Gasteiger partial charge in [0.2, 0.25) is 10.0 Å². The molecule has 0 spiro atoms. The standard InChI is InChI=1S/C13H21N3O3S/c1-13(4-6-19-7-5-13)9-16-11-3-2-10(14)8-12(11)20(15,17)18/h2-3,8,16H,4-7,9,14H2,1H3,(H2,15,17,18). The van der Waals surface area contributed by atoms with E-state index in [4.69, 9.17) is 15.6 Å². The number of primary sulfonamides is 1. The molecule has 0 amide bonds. The maximum Gasteiger partial charge on any atom is 0.240 e. The Morgan fingerprint density at radius 1 is 1.35 bits per heavy atom. The van der Waals surface area contributed by atoms with Crippen molar-refractivity contribution in [1.82, 2.24) is 0 Å². The quantitative estimate of drug-likeness (QED) is 0.723. The van der Waals surface area contributed by atoms with Crippen LogP contribution in [0, 0.1) is 5.41 Å². The number of nitrogens with two attached hydrogens (primary N) is 2. The molecule has 0 bridgehead atoms. The van der Waals surface area contributed by atoms with Gasteiger partial charge in [0.15, 0.2) is 0 Å². The summed E-state index contributed by atoms with van der Waals surface area (Å²) in [6.45, 7) is 4.31. The van der Waals surface area contributed by atoms with Crippen molar-refractivity contribution in [2.75, 3.05) is 30.8 Å². The van der Waals surface area contributed by atoms with Crippen molar-refractivity contribution in [2.24, 2.45) is 10.6 Å². The summed E-state index contributed by atoms with van der Waals surface area (Å²) in [5.41, 5.74) is 6.58. The maximum absolute atomic E-state index is 11.6. The molecule has 1 aromatic rings. The number of hydrogen-bond donors (Lipinski definition) is 3. The molecule has 5 N–H and O–H groups in total. The summed E-state index contributed by atoms with van der Waals surface area (Å²) in [5, 5.41) is 8.41. The predicted octanol–water partition coefficient (Wildman–Crippen LogP) is 1.14. The summed E-state index contributed by atoms with van der Waals surface area (Å²) in [6, 6.07) is 4.69. The largest absolute Gasteiger partial charge is 0.399 e. The first-order valence-electron chi connectivity index (χ1n) is 6.54. The van der Waals surface area contributed by atoms with Crippen LogP contribution in [0.5, 0.6) is 0 Å². The summed E-state index contributed by atoms with van der Waals surface area (Å²) in [6.07, 6.45) is 1.89. The van der Waals surface area contributed by atoms with E-state index in [9.17, 15) is 8.42 Å². The Morgan fingerprint density at radius 3 is 2.60 bits per heavy atom. The number of hydrogen-bond acceptors (Lipinski definition) is 5. The van der Waals surface area contributed by atoms with Gasteiger partial charge in [-0.2, -0.15) is 0 Å². The highest BCUT2D eigenvalue weighted by atomic mass is 32.2. The molecule has 1 saturated heterocycles. The van der Waals surface area contributed by atoms with E-state index < -0.39 is 10.0 Å². The van der Waals surface area contributed by atoms with Crippen LogP contribution in [0.1, 0.15) is 19.8 Å². The van der Waals surface area contributed by atoms with Crippen molar-refractivity contribution in [1.29, 1.82) is 0 Å². The van der Waals surface area contributed by atoms with Gasteiger partial charge in [-0.15, -0.1) is 0 Å². The van der Waals surface area contributed by atoms with Crippen LogP contribution in [0.3, 0.4) is 0 Å². The molecule has 0 aliphatic carbocycles. The van der Waals surface area contributed by atoms with Crippen LogP contribution in [0.25, 0.3) is 0 Å². The first-order valence-corrected chi connectivity index (χ1v) is 8.09. The molecular weight excluding hydrogens is 278 g/mol. The normalized spacial score (nSPS) is 18.7. The van der Waals surface area contributed by atoms with Crippen molar-refractivity contribution in [2.45, 2.75) is 24.7 Å². The number of ether oxygens (including phenoxy) is 1. The van der Waals surface area contributed by atoms with E-state index in [0.717, 1.165) is 26.1 Å². The smallest absolute Gasteiger partial charge is 0.240 e. The zero-order valence-electron chi connectivity index (χ0n) is 11.6. The second-order valence-corrected chi connectivity index (χ2v) is 7.11. The average molecular weight is 299 g/mol. The Kier molecular flexibility index (Phi) is 4.22. The molecule has 7 heteroatoms. The third-order valence-corrected chi connectivity index (χ3v) is 4.67. The lowest BCUT2D eigenvalue weighted by Gasteiger charge is -2.34. The van der Waals surface area contributed by atoms with Gasteiger partial charge in [0.25, 0.3) is 0 Å². The van der Waals surface area contributed by atoms with Gasteiger partial charge in [-0.3, -0.25) is 0 Å². The van der Waals surface area contributed by atoms with Crippen molar-refractivity contribution in [3.8, 4) is 0 Å². The fourth-order valence-corrected chi connectivity index (χ4v) is 3.02. The predicted molar refractivity (Wildman–Crippen MR) is 78.9 cm³/mol. The maximum atomic E-state index is 11.6. The van der Waals surface area contributed by atoms with E-state index in [1.165, 1.54) is 6.07 Å². The van der Waals surface area contributed by atoms with Crippen LogP contribution in [-0.2, 0) is 14.8 Å². The van der Waals surface area contributed by atoms with Gasteiger partial charge < -0.3 is 15.8 Å². The average Bonchev–Trinajstić information content (AvgIpc) is 2.37. The molecule has 0 unspecified atom stereocenters. The Bertz CT molecular complexity index is 581. The molecule has 0 aromatic heterocycles. The third kappa shape index (κ3) is 3.62. The van der Waals surface area contributed by atoms with Gasteiger partial charge in [0, 0.05) is 25.4 Å². The molecule has 1 aliphatic heterocycles. The first kappa shape index (κ1) is 15.1. The summed E-state index contributed by atoms with van der Waals surface area (Å²) < 4.78 is 28.5. The molecule has 0 atom stereocenters. The topological polar surface area (TPSA) is 107 Å². The highest BCUT2D eigenvalue weighted by molar-refractivity contribution is 7.89. The fraction of sp³-hybridized carbons (Fsp3) is 0.538. The lowest BCUT2D eigenvalue weighted by molar-refractivity contribution is 0.0300. The van der Waals surface area contributed by atoms with Crippen LogP contribution in [0.2, 0.25) is 0 Å². The molecule has 112 valence electrons. The highest BCUT2D eigenvalue weighted by Gasteiger charge is 2.27. The van der Waals surface area contributed by atoms with Crippen LogP contribution < -0.4 is 16.2 Å². The molecule has 6 nitrogen and oxygen atoms in total. The van der Waals surface area contributed by atoms with Crippen LogP contribution >= 0.6 is 0 Å². The third-order valence-electron chi connectivity index (χ3n) is 3.72. The minimum atomic E-state index is -3.80. The Hall–Kier alpha value is -1.31. The molecule has 2 rings (SSSR count). The van der Waals surface area contributed by atoms with Gasteiger partial charge in [-0.1, -0.05) is 6.92 Å². The van der Waals surface area contributed by atoms with Gasteiger partial charge >= 0.3 is 0 Å². The van der Waals surface area contributed by atoms with Crippen LogP contribution in [-0.4, -0.2) is 28.2 Å². The van der Waals surface area contributed by atoms with E-state index in [0.29, 0.717) is 17.9 Å². The lowest BCUT2D eigenvalue weighted by atomic mass is 9.82. The van der Waals surface area contributed by atoms with Crippen molar-refractivity contribution in [3.05, 3.63) is 18.2 Å². The number of nitrogen functional groups attached to an aromatic ring is 1. The van der Waals surface area contributed by atoms with Crippen LogP contribution in [0.15, 0.2) is 23.1 Å². The van der Waals surface area contributed by atoms with Crippen molar-refractivity contribution < 1.29 is 13.2 Å². The molecule has 1 aromatic carbocycles. The number of nitrogens with one attached hydrogen (secondary N) is 1. The zero-order chi connectivity index (χ0) is 14.8. The van der Waals surface area contributed by atoms with Gasteiger partial charge in [0.05, 0.1) is 5.69 Å². The second kappa shape index (κ2) is 5.59. The highest BCUT2D eigenvalue weighted by Crippen LogP contribution is 2.31.